The van der Waals surface area contributed by atoms with Crippen LogP contribution in [-0.2, 0) is 0 Å². The van der Waals surface area contributed by atoms with Crippen LogP contribution in [0.4, 0.5) is 5.69 Å². The first kappa shape index (κ1) is 15.2. The summed E-state index contributed by atoms with van der Waals surface area (Å²) in [4.78, 5) is 2.55. The average molecular weight is 353 g/mol. The Labute approximate surface area is 136 Å². The molecule has 1 saturated heterocycles. The number of methoxy groups -OCH3 is 1. The van der Waals surface area contributed by atoms with Crippen LogP contribution in [0, 0.1) is 0 Å². The Kier molecular flexibility index (Phi) is 4.46. The summed E-state index contributed by atoms with van der Waals surface area (Å²) < 4.78 is 6.51. The van der Waals surface area contributed by atoms with Crippen LogP contribution in [-0.4, -0.2) is 31.8 Å². The van der Waals surface area contributed by atoms with Crippen molar-refractivity contribution in [2.75, 3.05) is 25.1 Å². The smallest absolute Gasteiger partial charge is 0.122 e. The number of piperazine rings is 1. The topological polar surface area (TPSA) is 24.5 Å². The Hall–Kier alpha value is -0.740. The molecule has 21 heavy (non-hydrogen) atoms. The highest BCUT2D eigenvalue weighted by atomic mass is 79.9. The van der Waals surface area contributed by atoms with Crippen LogP contribution in [0.15, 0.2) is 22.7 Å². The monoisotopic (exact) mass is 352 g/mol. The molecule has 1 heterocycles. The predicted molar refractivity (Wildman–Crippen MR) is 91.3 cm³/mol. The summed E-state index contributed by atoms with van der Waals surface area (Å²) in [7, 11) is 1.73. The third-order valence-corrected chi connectivity index (χ3v) is 5.47. The zero-order valence-electron chi connectivity index (χ0n) is 13.0. The lowest BCUT2D eigenvalue weighted by Gasteiger charge is -2.50. The first-order chi connectivity index (χ1) is 10.1. The summed E-state index contributed by atoms with van der Waals surface area (Å²) in [5.41, 5.74) is 1.58. The molecule has 116 valence electrons. The third kappa shape index (κ3) is 3.21. The van der Waals surface area contributed by atoms with Crippen molar-refractivity contribution >= 4 is 21.6 Å². The number of halogens is 1. The van der Waals surface area contributed by atoms with Gasteiger partial charge in [-0.3, -0.25) is 0 Å². The lowest BCUT2D eigenvalue weighted by molar-refractivity contribution is 0.200. The summed E-state index contributed by atoms with van der Waals surface area (Å²) in [6, 6.07) is 6.90. The van der Waals surface area contributed by atoms with Crippen molar-refractivity contribution in [2.45, 2.75) is 50.6 Å². The largest absolute Gasteiger partial charge is 0.497 e. The van der Waals surface area contributed by atoms with E-state index in [1.165, 1.54) is 37.8 Å². The molecule has 1 aliphatic carbocycles. The Morgan fingerprint density at radius 3 is 2.71 bits per heavy atom. The summed E-state index contributed by atoms with van der Waals surface area (Å²) in [6.07, 6.45) is 6.72. The molecule has 0 bridgehead atoms. The second kappa shape index (κ2) is 6.17. The fourth-order valence-electron chi connectivity index (χ4n) is 3.75. The minimum absolute atomic E-state index is 0.320. The molecule has 0 radical (unpaired) electrons. The molecule has 2 fully saturated rings. The van der Waals surface area contributed by atoms with E-state index in [0.717, 1.165) is 23.3 Å². The van der Waals surface area contributed by atoms with E-state index < -0.39 is 0 Å². The standard InChI is InChI=1S/C17H25BrN2O/c1-13-11-19-17(6-4-3-5-7-17)12-20(13)15-8-14(18)9-16(10-15)21-2/h8-10,13,19H,3-7,11-12H2,1-2H3. The average Bonchev–Trinajstić information content (AvgIpc) is 2.50. The highest BCUT2D eigenvalue weighted by Crippen LogP contribution is 2.35. The van der Waals surface area contributed by atoms with Crippen LogP contribution < -0.4 is 15.0 Å². The van der Waals surface area contributed by atoms with Crippen LogP contribution >= 0.6 is 15.9 Å². The molecule has 4 heteroatoms. The van der Waals surface area contributed by atoms with E-state index in [0.29, 0.717) is 11.6 Å². The van der Waals surface area contributed by atoms with E-state index in [2.05, 4.69) is 45.2 Å². The molecule has 0 amide bonds. The molecular formula is C17H25BrN2O. The van der Waals surface area contributed by atoms with Gasteiger partial charge in [0, 0.05) is 40.9 Å². The Morgan fingerprint density at radius 2 is 2.00 bits per heavy atom. The Morgan fingerprint density at radius 1 is 1.24 bits per heavy atom. The predicted octanol–water partition coefficient (Wildman–Crippen LogP) is 3.96. The first-order valence-corrected chi connectivity index (χ1v) is 8.77. The van der Waals surface area contributed by atoms with Crippen LogP contribution in [0.2, 0.25) is 0 Å². The SMILES string of the molecule is COc1cc(Br)cc(N2CC3(CCCCC3)NCC2C)c1. The number of nitrogens with zero attached hydrogens (tertiary/aromatic N) is 1. The zero-order chi connectivity index (χ0) is 14.9. The molecule has 2 aliphatic rings. The van der Waals surface area contributed by atoms with E-state index in [4.69, 9.17) is 4.74 Å². The first-order valence-electron chi connectivity index (χ1n) is 7.98. The van der Waals surface area contributed by atoms with Gasteiger partial charge in [0.15, 0.2) is 0 Å². The molecule has 1 atom stereocenters. The van der Waals surface area contributed by atoms with Crippen molar-refractivity contribution in [1.82, 2.24) is 5.32 Å². The fourth-order valence-corrected chi connectivity index (χ4v) is 4.21. The summed E-state index contributed by atoms with van der Waals surface area (Å²) >= 11 is 3.61. The maximum atomic E-state index is 5.43. The van der Waals surface area contributed by atoms with Gasteiger partial charge in [0.2, 0.25) is 0 Å². The highest BCUT2D eigenvalue weighted by molar-refractivity contribution is 9.10. The second-order valence-corrected chi connectivity index (χ2v) is 7.46. The number of hydrogen-bond acceptors (Lipinski definition) is 3. The van der Waals surface area contributed by atoms with Gasteiger partial charge >= 0.3 is 0 Å². The molecule has 1 aromatic carbocycles. The number of anilines is 1. The normalized spacial score (nSPS) is 25.1. The number of ether oxygens (including phenoxy) is 1. The molecule has 0 aromatic heterocycles. The van der Waals surface area contributed by atoms with Crippen molar-refractivity contribution in [2.24, 2.45) is 0 Å². The maximum absolute atomic E-state index is 5.43. The van der Waals surface area contributed by atoms with E-state index in [-0.39, 0.29) is 0 Å². The molecule has 3 rings (SSSR count). The van der Waals surface area contributed by atoms with Gasteiger partial charge in [0.05, 0.1) is 7.11 Å². The van der Waals surface area contributed by atoms with Gasteiger partial charge in [0.1, 0.15) is 5.75 Å². The lowest BCUT2D eigenvalue weighted by atomic mass is 9.79. The van der Waals surface area contributed by atoms with Gasteiger partial charge in [-0.25, -0.2) is 0 Å². The third-order valence-electron chi connectivity index (χ3n) is 5.01. The van der Waals surface area contributed by atoms with Gasteiger partial charge in [-0.1, -0.05) is 35.2 Å². The minimum Gasteiger partial charge on any atom is -0.497 e. The molecule has 1 saturated carbocycles. The molecule has 3 nitrogen and oxygen atoms in total. The molecule has 1 aliphatic heterocycles. The van der Waals surface area contributed by atoms with E-state index in [1.807, 2.05) is 6.07 Å². The number of benzene rings is 1. The number of hydrogen-bond donors (Lipinski definition) is 1. The van der Waals surface area contributed by atoms with Gasteiger partial charge in [0.25, 0.3) is 0 Å². The molecule has 1 N–H and O–H groups in total. The Bertz CT molecular complexity index is 500. The van der Waals surface area contributed by atoms with E-state index >= 15 is 0 Å². The second-order valence-electron chi connectivity index (χ2n) is 6.55. The van der Waals surface area contributed by atoms with Gasteiger partial charge in [-0.15, -0.1) is 0 Å². The summed E-state index contributed by atoms with van der Waals surface area (Å²) in [5.74, 6) is 0.919. The van der Waals surface area contributed by atoms with Crippen LogP contribution in [0.3, 0.4) is 0 Å². The van der Waals surface area contributed by atoms with Gasteiger partial charge in [-0.05, 0) is 31.9 Å². The van der Waals surface area contributed by atoms with Crippen molar-refractivity contribution in [3.05, 3.63) is 22.7 Å². The molecule has 1 unspecified atom stereocenters. The van der Waals surface area contributed by atoms with Crippen LogP contribution in [0.1, 0.15) is 39.0 Å². The van der Waals surface area contributed by atoms with Crippen molar-refractivity contribution in [3.63, 3.8) is 0 Å². The Balaban J connectivity index is 1.86. The van der Waals surface area contributed by atoms with E-state index in [9.17, 15) is 0 Å². The number of rotatable bonds is 2. The van der Waals surface area contributed by atoms with E-state index in [1.54, 1.807) is 7.11 Å². The van der Waals surface area contributed by atoms with Crippen LogP contribution in [0.25, 0.3) is 0 Å². The van der Waals surface area contributed by atoms with Crippen molar-refractivity contribution in [1.29, 1.82) is 0 Å². The van der Waals surface area contributed by atoms with Gasteiger partial charge < -0.3 is 15.0 Å². The highest BCUT2D eigenvalue weighted by Gasteiger charge is 2.38. The molecular weight excluding hydrogens is 328 g/mol. The van der Waals surface area contributed by atoms with Crippen molar-refractivity contribution in [3.8, 4) is 5.75 Å². The zero-order valence-corrected chi connectivity index (χ0v) is 14.6. The maximum Gasteiger partial charge on any atom is 0.122 e. The molecule has 1 spiro atoms. The lowest BCUT2D eigenvalue weighted by Crippen LogP contribution is -2.64. The minimum atomic E-state index is 0.320. The van der Waals surface area contributed by atoms with Crippen molar-refractivity contribution < 1.29 is 4.74 Å². The summed E-state index contributed by atoms with van der Waals surface area (Å²) in [6.45, 7) is 4.47. The van der Waals surface area contributed by atoms with Gasteiger partial charge in [-0.2, -0.15) is 0 Å². The summed E-state index contributed by atoms with van der Waals surface area (Å²) in [5, 5.41) is 3.84. The molecule has 1 aromatic rings. The van der Waals surface area contributed by atoms with Crippen LogP contribution in [0.5, 0.6) is 5.75 Å². The quantitative estimate of drug-likeness (QED) is 0.871. The number of nitrogens with one attached hydrogen (secondary N) is 1. The fraction of sp³-hybridized carbons (Fsp3) is 0.647.